The van der Waals surface area contributed by atoms with Gasteiger partial charge in [-0.1, -0.05) is 32.6 Å². The molecule has 2 aromatic carbocycles. The van der Waals surface area contributed by atoms with Crippen molar-refractivity contribution >= 4 is 31.0 Å². The number of aryl methyl sites for hydroxylation is 1. The first-order valence-corrected chi connectivity index (χ1v) is 23.4. The fraction of sp³-hybridized carbons (Fsp3) is 0.561. The van der Waals surface area contributed by atoms with Crippen LogP contribution in [-0.2, 0) is 54.7 Å². The number of rotatable bonds is 14. The Balaban J connectivity index is 1.50. The number of nitrogens with zero attached hydrogens (tertiary/aromatic N) is 5. The molecule has 16 heteroatoms. The minimum Gasteiger partial charge on any atom is -0.494 e. The molecule has 2 atom stereocenters. The second kappa shape index (κ2) is 17.6. The van der Waals surface area contributed by atoms with Crippen molar-refractivity contribution in [2.75, 3.05) is 34.2 Å². The van der Waals surface area contributed by atoms with Crippen LogP contribution in [0.4, 0.5) is 9.18 Å². The van der Waals surface area contributed by atoms with Gasteiger partial charge in [-0.3, -0.25) is 4.90 Å². The molecule has 6 rings (SSSR count). The molecule has 0 spiro atoms. The zero-order valence-corrected chi connectivity index (χ0v) is 35.7. The number of fused-ring (bicyclic) bond motifs is 2. The lowest BCUT2D eigenvalue weighted by atomic mass is 9.96. The van der Waals surface area contributed by atoms with Crippen LogP contribution in [0.2, 0.25) is 25.7 Å². The Morgan fingerprint density at radius 2 is 1.89 bits per heavy atom. The van der Waals surface area contributed by atoms with Crippen molar-refractivity contribution in [1.29, 1.82) is 0 Å². The molecule has 0 aliphatic carbocycles. The third-order valence-corrected chi connectivity index (χ3v) is 11.9. The number of ether oxygens (including phenoxy) is 5. The summed E-state index contributed by atoms with van der Waals surface area (Å²) in [5.41, 5.74) is 6.98. The van der Waals surface area contributed by atoms with Gasteiger partial charge in [-0.05, 0) is 93.5 Å². The van der Waals surface area contributed by atoms with Gasteiger partial charge in [-0.25, -0.2) is 23.6 Å². The highest BCUT2D eigenvalue weighted by atomic mass is 28.3. The van der Waals surface area contributed by atoms with Crippen molar-refractivity contribution in [3.63, 3.8) is 0 Å². The number of methoxy groups -OCH3 is 1. The fourth-order valence-electron chi connectivity index (χ4n) is 7.19. The summed E-state index contributed by atoms with van der Waals surface area (Å²) in [6, 6.07) is 9.22. The highest BCUT2D eigenvalue weighted by molar-refractivity contribution is 6.76. The molecule has 14 nitrogen and oxygen atoms in total. The number of carbonyl (C=O) groups is 2. The van der Waals surface area contributed by atoms with E-state index in [0.717, 1.165) is 52.9 Å². The first-order valence-electron chi connectivity index (χ1n) is 19.7. The van der Waals surface area contributed by atoms with Crippen LogP contribution in [0.1, 0.15) is 70.1 Å². The summed E-state index contributed by atoms with van der Waals surface area (Å²) in [5, 5.41) is 6.05. The van der Waals surface area contributed by atoms with Crippen molar-refractivity contribution < 1.29 is 42.5 Å². The Morgan fingerprint density at radius 3 is 2.56 bits per heavy atom. The number of hydrogen-bond donors (Lipinski definition) is 1. The van der Waals surface area contributed by atoms with Crippen molar-refractivity contribution in [2.24, 2.45) is 0 Å². The molecule has 57 heavy (non-hydrogen) atoms. The van der Waals surface area contributed by atoms with E-state index in [1.165, 1.54) is 25.2 Å². The van der Waals surface area contributed by atoms with Crippen LogP contribution in [0, 0.1) is 5.82 Å². The van der Waals surface area contributed by atoms with E-state index in [0.29, 0.717) is 42.5 Å². The van der Waals surface area contributed by atoms with Crippen LogP contribution < -0.4 is 10.2 Å². The second-order valence-corrected chi connectivity index (χ2v) is 22.4. The Labute approximate surface area is 334 Å². The van der Waals surface area contributed by atoms with E-state index >= 15 is 4.39 Å². The first-order chi connectivity index (χ1) is 27.1. The topological polar surface area (TPSA) is 140 Å². The number of benzene rings is 2. The van der Waals surface area contributed by atoms with Gasteiger partial charge in [0.15, 0.2) is 30.3 Å². The number of aromatic nitrogens is 4. The maximum atomic E-state index is 15.2. The molecule has 0 bridgehead atoms. The summed E-state index contributed by atoms with van der Waals surface area (Å²) in [7, 11) is 1.47. The van der Waals surface area contributed by atoms with Crippen LogP contribution in [0.3, 0.4) is 0 Å². The number of carbonyl (C=O) groups excluding carboxylic acids is 2. The Kier molecular flexibility index (Phi) is 13.1. The predicted molar refractivity (Wildman–Crippen MR) is 216 cm³/mol. The van der Waals surface area contributed by atoms with E-state index in [1.54, 1.807) is 26.8 Å². The van der Waals surface area contributed by atoms with Gasteiger partial charge in [-0.15, -0.1) is 0 Å². The van der Waals surface area contributed by atoms with Gasteiger partial charge in [0.1, 0.15) is 24.1 Å². The van der Waals surface area contributed by atoms with E-state index in [2.05, 4.69) is 25.1 Å². The molecular weight excluding hydrogens is 752 g/mol. The summed E-state index contributed by atoms with van der Waals surface area (Å²) in [6.07, 6.45) is 2.50. The van der Waals surface area contributed by atoms with E-state index in [9.17, 15) is 9.59 Å². The molecule has 4 heterocycles. The zero-order chi connectivity index (χ0) is 41.1. The third kappa shape index (κ3) is 9.69. The summed E-state index contributed by atoms with van der Waals surface area (Å²) in [6.45, 7) is 15.4. The van der Waals surface area contributed by atoms with Crippen LogP contribution in [0.5, 0.6) is 5.75 Å². The maximum absolute atomic E-state index is 15.2. The Morgan fingerprint density at radius 1 is 1.11 bits per heavy atom. The van der Waals surface area contributed by atoms with Crippen molar-refractivity contribution in [2.45, 2.75) is 117 Å². The number of esters is 1. The highest BCUT2D eigenvalue weighted by Gasteiger charge is 2.41. The van der Waals surface area contributed by atoms with Gasteiger partial charge in [0, 0.05) is 33.1 Å². The molecular formula is C41H57FN6O8Si. The van der Waals surface area contributed by atoms with Crippen LogP contribution in [0.25, 0.3) is 33.5 Å². The molecule has 1 amide bonds. The number of amides is 1. The fourth-order valence-corrected chi connectivity index (χ4v) is 7.95. The molecule has 2 unspecified atom stereocenters. The minimum absolute atomic E-state index is 0.0173. The van der Waals surface area contributed by atoms with Crippen LogP contribution >= 0.6 is 0 Å². The standard InChI is InChI=1S/C41H57FN6O8Si/c1-10-26-20-35(51-5)30(42)21-29(26)27-14-15-28-32(19-27)48(36-13-11-12-16-54-36)45-37(28)38-44-31-22-33(39(49)55-24-43-52-6)46(40(50)56-41(2,3)4)23-34(31)47(38)25-53-17-18-57(7,8)9/h14-15,19-21,33,36,43H,10-13,16-18,22-25H2,1-9H3. The molecule has 310 valence electrons. The summed E-state index contributed by atoms with van der Waals surface area (Å²) >= 11 is 0. The predicted octanol–water partition coefficient (Wildman–Crippen LogP) is 7.60. The molecule has 2 aliphatic heterocycles. The molecule has 1 fully saturated rings. The number of nitrogens with one attached hydrogen (secondary N) is 1. The highest BCUT2D eigenvalue weighted by Crippen LogP contribution is 2.39. The van der Waals surface area contributed by atoms with E-state index in [-0.39, 0.29) is 38.4 Å². The number of hydroxylamine groups is 1. The van der Waals surface area contributed by atoms with Crippen molar-refractivity contribution in [1.82, 2.24) is 29.7 Å². The molecule has 1 N–H and O–H groups in total. The summed E-state index contributed by atoms with van der Waals surface area (Å²) in [4.78, 5) is 38.7. The third-order valence-electron chi connectivity index (χ3n) is 10.2. The van der Waals surface area contributed by atoms with Gasteiger partial charge in [0.05, 0.1) is 37.7 Å². The number of halogens is 1. The molecule has 2 aliphatic rings. The number of imidazole rings is 1. The minimum atomic E-state index is -1.42. The quantitative estimate of drug-likeness (QED) is 0.0443. The zero-order valence-electron chi connectivity index (χ0n) is 34.7. The summed E-state index contributed by atoms with van der Waals surface area (Å²) in [5.74, 6) is -0.329. The van der Waals surface area contributed by atoms with E-state index in [4.69, 9.17) is 38.6 Å². The van der Waals surface area contributed by atoms with E-state index in [1.807, 2.05) is 34.4 Å². The molecule has 0 saturated carbocycles. The van der Waals surface area contributed by atoms with Gasteiger partial charge < -0.3 is 33.1 Å². The van der Waals surface area contributed by atoms with Crippen LogP contribution in [-0.4, -0.2) is 90.2 Å². The lowest BCUT2D eigenvalue weighted by Gasteiger charge is -2.35. The average molecular weight is 809 g/mol. The van der Waals surface area contributed by atoms with Gasteiger partial charge >= 0.3 is 12.1 Å². The lowest BCUT2D eigenvalue weighted by molar-refractivity contribution is -0.155. The molecule has 1 saturated heterocycles. The SMILES string of the molecule is CCc1cc(OC)c(F)cc1-c1ccc2c(-c3nc4c(n3COCC[Si](C)(C)C)CN(C(=O)OC(C)(C)C)C(C(=O)OCNOC)C4)nn(C3CCCCO3)c2c1. The molecule has 4 aromatic rings. The monoisotopic (exact) mass is 808 g/mol. The van der Waals surface area contributed by atoms with Gasteiger partial charge in [0.2, 0.25) is 0 Å². The average Bonchev–Trinajstić information content (AvgIpc) is 3.72. The smallest absolute Gasteiger partial charge is 0.411 e. The first kappa shape index (κ1) is 42.3. The lowest BCUT2D eigenvalue weighted by Crippen LogP contribution is -2.51. The Hall–Kier alpha value is -4.35. The normalized spacial score (nSPS) is 17.5. The largest absolute Gasteiger partial charge is 0.494 e. The van der Waals surface area contributed by atoms with Gasteiger partial charge in [0.25, 0.3) is 0 Å². The van der Waals surface area contributed by atoms with Crippen molar-refractivity contribution in [3.05, 3.63) is 53.1 Å². The van der Waals surface area contributed by atoms with E-state index < -0.39 is 37.6 Å². The number of hydrogen-bond acceptors (Lipinski definition) is 11. The van der Waals surface area contributed by atoms with Gasteiger partial charge in [-0.2, -0.15) is 10.6 Å². The molecule has 2 aromatic heterocycles. The Bertz CT molecular complexity index is 2070. The maximum Gasteiger partial charge on any atom is 0.411 e. The van der Waals surface area contributed by atoms with Crippen LogP contribution in [0.15, 0.2) is 30.3 Å². The second-order valence-electron chi connectivity index (χ2n) is 16.7. The summed E-state index contributed by atoms with van der Waals surface area (Å²) < 4.78 is 48.3. The molecule has 0 radical (unpaired) electrons. The van der Waals surface area contributed by atoms with Crippen molar-refractivity contribution in [3.8, 4) is 28.4 Å².